The van der Waals surface area contributed by atoms with Gasteiger partial charge in [0.1, 0.15) is 23.1 Å². The smallest absolute Gasteiger partial charge is 0.410 e. The molecule has 0 spiro atoms. The summed E-state index contributed by atoms with van der Waals surface area (Å²) in [6, 6.07) is 13.1. The molecular weight excluding hydrogens is 424 g/mol. The van der Waals surface area contributed by atoms with Gasteiger partial charge in [-0.15, -0.1) is 0 Å². The summed E-state index contributed by atoms with van der Waals surface area (Å²) in [5.74, 6) is -0.785. The number of carbonyl (C=O) groups is 2. The minimum atomic E-state index is -4.00. The zero-order valence-electron chi connectivity index (χ0n) is 17.7. The van der Waals surface area contributed by atoms with E-state index in [0.29, 0.717) is 11.5 Å². The van der Waals surface area contributed by atoms with Crippen LogP contribution in [-0.2, 0) is 19.4 Å². The molecule has 9 nitrogen and oxygen atoms in total. The Balaban J connectivity index is 2.19. The third kappa shape index (κ3) is 6.97. The number of ether oxygens (including phenoxy) is 2. The van der Waals surface area contributed by atoms with Crippen LogP contribution in [0, 0.1) is 0 Å². The highest BCUT2D eigenvalue weighted by Gasteiger charge is 2.34. The second kappa shape index (κ2) is 9.80. The fourth-order valence-corrected chi connectivity index (χ4v) is 4.08. The molecule has 0 saturated carbocycles. The van der Waals surface area contributed by atoms with Crippen LogP contribution in [0.3, 0.4) is 0 Å². The van der Waals surface area contributed by atoms with E-state index in [-0.39, 0.29) is 4.90 Å². The molecule has 0 bridgehead atoms. The van der Waals surface area contributed by atoms with E-state index in [1.54, 1.807) is 32.9 Å². The third-order valence-electron chi connectivity index (χ3n) is 4.10. The predicted molar refractivity (Wildman–Crippen MR) is 113 cm³/mol. The van der Waals surface area contributed by atoms with Crippen LogP contribution in [0.4, 0.5) is 4.79 Å². The first kappa shape index (κ1) is 24.2. The first-order valence-corrected chi connectivity index (χ1v) is 11.0. The van der Waals surface area contributed by atoms with Gasteiger partial charge < -0.3 is 9.47 Å². The van der Waals surface area contributed by atoms with Gasteiger partial charge in [-0.1, -0.05) is 18.2 Å². The number of hydrogen-bond donors (Lipinski definition) is 2. The Kier molecular flexibility index (Phi) is 7.64. The molecule has 0 saturated heterocycles. The number of sulfone groups is 1. The van der Waals surface area contributed by atoms with E-state index in [9.17, 15) is 18.0 Å². The van der Waals surface area contributed by atoms with E-state index in [4.69, 9.17) is 14.7 Å². The number of nitrogens with zero attached hydrogens (tertiary/aromatic N) is 1. The summed E-state index contributed by atoms with van der Waals surface area (Å²) in [5.41, 5.74) is 0.553. The van der Waals surface area contributed by atoms with Crippen LogP contribution in [0.15, 0.2) is 59.5 Å². The van der Waals surface area contributed by atoms with Crippen LogP contribution < -0.4 is 10.2 Å². The maximum absolute atomic E-state index is 12.9. The SMILES string of the molecule is CN(C(=O)OC(C)(C)C)[C@@H](CS(=O)(=O)c1ccc(Oc2ccccc2)cc1)C(=O)NO. The molecule has 2 N–H and O–H groups in total. The maximum Gasteiger partial charge on any atom is 0.410 e. The van der Waals surface area contributed by atoms with Gasteiger partial charge in [0.25, 0.3) is 5.91 Å². The number of carbonyl (C=O) groups excluding carboxylic acids is 2. The van der Waals surface area contributed by atoms with Gasteiger partial charge in [0.05, 0.1) is 10.6 Å². The monoisotopic (exact) mass is 450 g/mol. The highest BCUT2D eigenvalue weighted by atomic mass is 32.2. The fourth-order valence-electron chi connectivity index (χ4n) is 2.54. The Morgan fingerprint density at radius 2 is 1.58 bits per heavy atom. The number of likely N-dealkylation sites (N-methyl/N-ethyl adjacent to an activating group) is 1. The normalized spacial score (nSPS) is 12.5. The molecule has 10 heteroatoms. The number of amides is 2. The van der Waals surface area contributed by atoms with Crippen LogP contribution in [0.1, 0.15) is 20.8 Å². The van der Waals surface area contributed by atoms with E-state index in [1.165, 1.54) is 36.8 Å². The van der Waals surface area contributed by atoms with Crippen molar-refractivity contribution in [1.82, 2.24) is 10.4 Å². The fraction of sp³-hybridized carbons (Fsp3) is 0.333. The standard InChI is InChI=1S/C21H26N2O7S/c1-21(2,3)30-20(25)23(4)18(19(24)22-26)14-31(27,28)17-12-10-16(11-13-17)29-15-8-6-5-7-9-15/h5-13,18,26H,14H2,1-4H3,(H,22,24)/t18-/m0/s1. The minimum absolute atomic E-state index is 0.0683. The van der Waals surface area contributed by atoms with Crippen molar-refractivity contribution in [3.63, 3.8) is 0 Å². The summed E-state index contributed by atoms with van der Waals surface area (Å²) >= 11 is 0. The van der Waals surface area contributed by atoms with Gasteiger partial charge in [0.2, 0.25) is 0 Å². The van der Waals surface area contributed by atoms with E-state index in [2.05, 4.69) is 0 Å². The Hall–Kier alpha value is -3.11. The molecule has 0 aromatic heterocycles. The first-order chi connectivity index (χ1) is 14.4. The summed E-state index contributed by atoms with van der Waals surface area (Å²) in [6.07, 6.45) is -0.900. The van der Waals surface area contributed by atoms with Crippen molar-refractivity contribution < 1.29 is 32.7 Å². The summed E-state index contributed by atoms with van der Waals surface area (Å²) in [6.45, 7) is 4.90. The van der Waals surface area contributed by atoms with Gasteiger partial charge in [0, 0.05) is 7.05 Å². The lowest BCUT2D eigenvalue weighted by Gasteiger charge is -2.29. The molecule has 2 rings (SSSR count). The average Bonchev–Trinajstić information content (AvgIpc) is 2.71. The Morgan fingerprint density at radius 1 is 1.03 bits per heavy atom. The minimum Gasteiger partial charge on any atom is -0.457 e. The van der Waals surface area contributed by atoms with Crippen molar-refractivity contribution in [3.8, 4) is 11.5 Å². The molecule has 2 aromatic rings. The van der Waals surface area contributed by atoms with Crippen LogP contribution in [0.25, 0.3) is 0 Å². The third-order valence-corrected chi connectivity index (χ3v) is 5.85. The average molecular weight is 451 g/mol. The molecule has 0 heterocycles. The van der Waals surface area contributed by atoms with E-state index < -0.39 is 39.2 Å². The predicted octanol–water partition coefficient (Wildman–Crippen LogP) is 2.99. The highest BCUT2D eigenvalue weighted by molar-refractivity contribution is 7.91. The van der Waals surface area contributed by atoms with Crippen molar-refractivity contribution in [2.24, 2.45) is 0 Å². The molecule has 0 aliphatic rings. The molecule has 0 aliphatic heterocycles. The zero-order chi connectivity index (χ0) is 23.2. The summed E-state index contributed by atoms with van der Waals surface area (Å²) < 4.78 is 36.5. The van der Waals surface area contributed by atoms with Crippen LogP contribution in [0.2, 0.25) is 0 Å². The Bertz CT molecular complexity index is 1000. The molecule has 168 valence electrons. The molecule has 2 amide bonds. The van der Waals surface area contributed by atoms with E-state index in [0.717, 1.165) is 4.90 Å². The van der Waals surface area contributed by atoms with Gasteiger partial charge in [-0.3, -0.25) is 14.9 Å². The van der Waals surface area contributed by atoms with Crippen LogP contribution >= 0.6 is 0 Å². The second-order valence-corrected chi connectivity index (χ2v) is 9.79. The number of hydroxylamine groups is 1. The molecule has 2 aromatic carbocycles. The van der Waals surface area contributed by atoms with Crippen molar-refractivity contribution >= 4 is 21.8 Å². The van der Waals surface area contributed by atoms with Crippen LogP contribution in [-0.4, -0.2) is 55.0 Å². The van der Waals surface area contributed by atoms with Gasteiger partial charge >= 0.3 is 6.09 Å². The molecule has 0 fully saturated rings. The van der Waals surface area contributed by atoms with Crippen LogP contribution in [0.5, 0.6) is 11.5 Å². The van der Waals surface area contributed by atoms with Gasteiger partial charge in [0.15, 0.2) is 9.84 Å². The summed E-state index contributed by atoms with van der Waals surface area (Å²) in [4.78, 5) is 25.2. The molecule has 0 radical (unpaired) electrons. The quantitative estimate of drug-likeness (QED) is 0.491. The summed E-state index contributed by atoms with van der Waals surface area (Å²) in [7, 11) is -2.78. The van der Waals surface area contributed by atoms with E-state index >= 15 is 0 Å². The number of benzene rings is 2. The molecule has 0 unspecified atom stereocenters. The number of nitrogens with one attached hydrogen (secondary N) is 1. The number of rotatable bonds is 7. The summed E-state index contributed by atoms with van der Waals surface area (Å²) in [5, 5.41) is 9.02. The van der Waals surface area contributed by atoms with Gasteiger partial charge in [-0.25, -0.2) is 18.7 Å². The largest absolute Gasteiger partial charge is 0.457 e. The van der Waals surface area contributed by atoms with Gasteiger partial charge in [-0.2, -0.15) is 0 Å². The van der Waals surface area contributed by atoms with Crippen molar-refractivity contribution in [2.45, 2.75) is 37.3 Å². The molecule has 0 aliphatic carbocycles. The second-order valence-electron chi connectivity index (χ2n) is 7.75. The lowest BCUT2D eigenvalue weighted by Crippen LogP contribution is -2.51. The Morgan fingerprint density at radius 3 is 2.10 bits per heavy atom. The van der Waals surface area contributed by atoms with Crippen molar-refractivity contribution in [1.29, 1.82) is 0 Å². The van der Waals surface area contributed by atoms with Crippen molar-refractivity contribution in [3.05, 3.63) is 54.6 Å². The zero-order valence-corrected chi connectivity index (χ0v) is 18.5. The Labute approximate surface area is 181 Å². The highest BCUT2D eigenvalue weighted by Crippen LogP contribution is 2.24. The number of hydrogen-bond acceptors (Lipinski definition) is 7. The lowest BCUT2D eigenvalue weighted by molar-refractivity contribution is -0.133. The van der Waals surface area contributed by atoms with Crippen molar-refractivity contribution in [2.75, 3.05) is 12.8 Å². The lowest BCUT2D eigenvalue weighted by atomic mass is 10.2. The molecular formula is C21H26N2O7S. The van der Waals surface area contributed by atoms with Gasteiger partial charge in [-0.05, 0) is 57.2 Å². The maximum atomic E-state index is 12.9. The molecule has 1 atom stereocenters. The number of para-hydroxylation sites is 1. The molecule has 31 heavy (non-hydrogen) atoms. The van der Waals surface area contributed by atoms with E-state index in [1.807, 2.05) is 18.2 Å². The first-order valence-electron chi connectivity index (χ1n) is 9.38. The topological polar surface area (TPSA) is 122 Å².